The van der Waals surface area contributed by atoms with Crippen LogP contribution in [0.1, 0.15) is 12.8 Å². The quantitative estimate of drug-likeness (QED) is 0.813. The molecule has 0 bridgehead atoms. The van der Waals surface area contributed by atoms with E-state index in [2.05, 4.69) is 20.7 Å². The second-order valence-corrected chi connectivity index (χ2v) is 7.95. The van der Waals surface area contributed by atoms with Crippen LogP contribution in [-0.2, 0) is 10.0 Å². The molecule has 0 amide bonds. The summed E-state index contributed by atoms with van der Waals surface area (Å²) < 4.78 is 37.9. The summed E-state index contributed by atoms with van der Waals surface area (Å²) in [4.78, 5) is 0.409. The molecule has 1 N–H and O–H groups in total. The lowest BCUT2D eigenvalue weighted by Gasteiger charge is -2.19. The van der Waals surface area contributed by atoms with Gasteiger partial charge in [0.25, 0.3) is 0 Å². The van der Waals surface area contributed by atoms with Crippen LogP contribution in [0, 0.1) is 5.92 Å². The molecule has 1 atom stereocenters. The van der Waals surface area contributed by atoms with Crippen LogP contribution in [0.15, 0.2) is 23.1 Å². The molecule has 1 aromatic carbocycles. The van der Waals surface area contributed by atoms with E-state index in [0.29, 0.717) is 37.2 Å². The number of rotatable bonds is 5. The first kappa shape index (κ1) is 14.2. The lowest BCUT2D eigenvalue weighted by molar-refractivity contribution is 0.171. The predicted octanol–water partition coefficient (Wildman–Crippen LogP) is 1.91. The highest BCUT2D eigenvalue weighted by molar-refractivity contribution is 9.09. The highest BCUT2D eigenvalue weighted by Crippen LogP contribution is 2.36. The average molecular weight is 362 g/mol. The molecule has 0 saturated heterocycles. The number of halogens is 1. The summed E-state index contributed by atoms with van der Waals surface area (Å²) in [5.41, 5.74) is 0. The Morgan fingerprint density at radius 1 is 1.25 bits per heavy atom. The summed E-state index contributed by atoms with van der Waals surface area (Å²) in [6.07, 6.45) is 2.34. The van der Waals surface area contributed by atoms with Gasteiger partial charge in [-0.05, 0) is 30.9 Å². The van der Waals surface area contributed by atoms with E-state index >= 15 is 0 Å². The molecule has 1 heterocycles. The molecule has 1 unspecified atom stereocenters. The van der Waals surface area contributed by atoms with Crippen molar-refractivity contribution in [1.82, 2.24) is 4.72 Å². The van der Waals surface area contributed by atoms with Crippen molar-refractivity contribution in [2.75, 3.05) is 19.8 Å². The van der Waals surface area contributed by atoms with Gasteiger partial charge in [-0.25, -0.2) is 13.1 Å². The fourth-order valence-electron chi connectivity index (χ4n) is 2.09. The smallest absolute Gasteiger partial charge is 0.240 e. The zero-order valence-corrected chi connectivity index (χ0v) is 13.2. The predicted molar refractivity (Wildman–Crippen MR) is 78.1 cm³/mol. The van der Waals surface area contributed by atoms with Crippen LogP contribution in [0.2, 0.25) is 0 Å². The van der Waals surface area contributed by atoms with Gasteiger partial charge in [-0.3, -0.25) is 0 Å². The van der Waals surface area contributed by atoms with E-state index in [1.807, 2.05) is 0 Å². The zero-order chi connectivity index (χ0) is 14.2. The van der Waals surface area contributed by atoms with Crippen molar-refractivity contribution in [1.29, 1.82) is 0 Å². The second kappa shape index (κ2) is 5.54. The van der Waals surface area contributed by atoms with Gasteiger partial charge in [0.05, 0.1) is 4.90 Å². The lowest BCUT2D eigenvalue weighted by Crippen LogP contribution is -2.30. The summed E-state index contributed by atoms with van der Waals surface area (Å²) in [5.74, 6) is 1.67. The Labute approximate surface area is 126 Å². The Morgan fingerprint density at radius 2 is 1.95 bits per heavy atom. The van der Waals surface area contributed by atoms with Crippen molar-refractivity contribution in [2.24, 2.45) is 5.92 Å². The Morgan fingerprint density at radius 3 is 2.65 bits per heavy atom. The Hall–Kier alpha value is -0.790. The lowest BCUT2D eigenvalue weighted by atomic mass is 10.3. The Kier molecular flexibility index (Phi) is 3.92. The van der Waals surface area contributed by atoms with Crippen LogP contribution in [-0.4, -0.2) is 33.0 Å². The summed E-state index contributed by atoms with van der Waals surface area (Å²) in [6.45, 7) is 1.33. The minimum atomic E-state index is -3.51. The van der Waals surface area contributed by atoms with Crippen LogP contribution in [0.3, 0.4) is 0 Å². The van der Waals surface area contributed by atoms with Gasteiger partial charge in [0.15, 0.2) is 11.5 Å². The average Bonchev–Trinajstić information content (AvgIpc) is 3.29. The molecule has 1 fully saturated rings. The maximum absolute atomic E-state index is 12.2. The van der Waals surface area contributed by atoms with E-state index in [9.17, 15) is 8.42 Å². The largest absolute Gasteiger partial charge is 0.486 e. The molecule has 0 aromatic heterocycles. The number of sulfonamides is 1. The van der Waals surface area contributed by atoms with Gasteiger partial charge in [-0.1, -0.05) is 15.9 Å². The highest BCUT2D eigenvalue weighted by atomic mass is 79.9. The molecule has 0 spiro atoms. The van der Waals surface area contributed by atoms with Crippen LogP contribution < -0.4 is 14.2 Å². The molecule has 3 rings (SSSR count). The third-order valence-electron chi connectivity index (χ3n) is 3.43. The van der Waals surface area contributed by atoms with Crippen LogP contribution in [0.4, 0.5) is 0 Å². The van der Waals surface area contributed by atoms with Gasteiger partial charge in [0, 0.05) is 17.4 Å². The minimum absolute atomic E-state index is 0.203. The van der Waals surface area contributed by atoms with Crippen LogP contribution in [0.5, 0.6) is 11.5 Å². The Balaban J connectivity index is 1.73. The molecule has 110 valence electrons. The molecule has 7 heteroatoms. The standard InChI is InChI=1S/C13H16BrNO4S/c14-11(9-1-2-9)8-15-20(16,17)10-3-4-12-13(7-10)19-6-5-18-12/h3-4,7,9,11,15H,1-2,5-6,8H2. The molecule has 1 saturated carbocycles. The number of ether oxygens (including phenoxy) is 2. The molecule has 2 aliphatic rings. The number of benzene rings is 1. The number of hydrogen-bond acceptors (Lipinski definition) is 4. The molecule has 1 aliphatic carbocycles. The SMILES string of the molecule is O=S(=O)(NCC(Br)C1CC1)c1ccc2c(c1)OCCO2. The van der Waals surface area contributed by atoms with Crippen molar-refractivity contribution >= 4 is 26.0 Å². The fourth-order valence-corrected chi connectivity index (χ4v) is 4.07. The first-order chi connectivity index (χ1) is 9.56. The van der Waals surface area contributed by atoms with Crippen molar-refractivity contribution in [3.05, 3.63) is 18.2 Å². The molecular formula is C13H16BrNO4S. The van der Waals surface area contributed by atoms with Crippen molar-refractivity contribution < 1.29 is 17.9 Å². The highest BCUT2D eigenvalue weighted by Gasteiger charge is 2.30. The maximum atomic E-state index is 12.2. The van der Waals surface area contributed by atoms with Crippen molar-refractivity contribution in [3.8, 4) is 11.5 Å². The normalized spacial score (nSPS) is 19.6. The van der Waals surface area contributed by atoms with Crippen LogP contribution in [0.25, 0.3) is 0 Å². The Bertz CT molecular complexity index is 600. The topological polar surface area (TPSA) is 64.6 Å². The van der Waals surface area contributed by atoms with Gasteiger partial charge in [0.1, 0.15) is 13.2 Å². The maximum Gasteiger partial charge on any atom is 0.240 e. The van der Waals surface area contributed by atoms with Gasteiger partial charge in [-0.15, -0.1) is 0 Å². The second-order valence-electron chi connectivity index (χ2n) is 5.01. The number of fused-ring (bicyclic) bond motifs is 1. The summed E-state index contributed by atoms with van der Waals surface area (Å²) in [7, 11) is -3.51. The number of nitrogens with one attached hydrogen (secondary N) is 1. The summed E-state index contributed by atoms with van der Waals surface area (Å²) in [5, 5.41) is 0. The monoisotopic (exact) mass is 361 g/mol. The summed E-state index contributed by atoms with van der Waals surface area (Å²) >= 11 is 3.52. The summed E-state index contributed by atoms with van der Waals surface area (Å²) in [6, 6.07) is 4.68. The fraction of sp³-hybridized carbons (Fsp3) is 0.538. The third-order valence-corrected chi connectivity index (χ3v) is 5.92. The molecule has 1 aromatic rings. The first-order valence-corrected chi connectivity index (χ1v) is 8.99. The van der Waals surface area contributed by atoms with E-state index in [4.69, 9.17) is 9.47 Å². The van der Waals surface area contributed by atoms with E-state index in [1.54, 1.807) is 6.07 Å². The number of alkyl halides is 1. The molecule has 20 heavy (non-hydrogen) atoms. The van der Waals surface area contributed by atoms with E-state index in [1.165, 1.54) is 25.0 Å². The van der Waals surface area contributed by atoms with Gasteiger partial charge < -0.3 is 9.47 Å². The molecular weight excluding hydrogens is 346 g/mol. The van der Waals surface area contributed by atoms with Gasteiger partial charge in [0.2, 0.25) is 10.0 Å². The van der Waals surface area contributed by atoms with E-state index < -0.39 is 10.0 Å². The van der Waals surface area contributed by atoms with Crippen molar-refractivity contribution in [3.63, 3.8) is 0 Å². The van der Waals surface area contributed by atoms with Crippen LogP contribution >= 0.6 is 15.9 Å². The molecule has 0 radical (unpaired) electrons. The van der Waals surface area contributed by atoms with E-state index in [-0.39, 0.29) is 9.72 Å². The zero-order valence-electron chi connectivity index (χ0n) is 10.8. The first-order valence-electron chi connectivity index (χ1n) is 6.60. The van der Waals surface area contributed by atoms with Gasteiger partial charge in [-0.2, -0.15) is 0 Å². The van der Waals surface area contributed by atoms with E-state index in [0.717, 1.165) is 0 Å². The van der Waals surface area contributed by atoms with Gasteiger partial charge >= 0.3 is 0 Å². The van der Waals surface area contributed by atoms with Crippen molar-refractivity contribution in [2.45, 2.75) is 22.6 Å². The molecule has 5 nitrogen and oxygen atoms in total. The minimum Gasteiger partial charge on any atom is -0.486 e. The molecule has 1 aliphatic heterocycles. The number of hydrogen-bond donors (Lipinski definition) is 1. The third kappa shape index (κ3) is 3.10.